The van der Waals surface area contributed by atoms with E-state index in [-0.39, 0.29) is 17.1 Å². The van der Waals surface area contributed by atoms with Gasteiger partial charge in [-0.2, -0.15) is 10.4 Å². The third-order valence-corrected chi connectivity index (χ3v) is 9.43. The van der Waals surface area contributed by atoms with Crippen LogP contribution in [0, 0.1) is 52.3 Å². The van der Waals surface area contributed by atoms with Crippen molar-refractivity contribution in [2.75, 3.05) is 0 Å². The predicted molar refractivity (Wildman–Crippen MR) is 109 cm³/mol. The summed E-state index contributed by atoms with van der Waals surface area (Å²) in [4.78, 5) is 13.0. The van der Waals surface area contributed by atoms with Crippen molar-refractivity contribution in [1.29, 1.82) is 5.26 Å². The highest BCUT2D eigenvalue weighted by atomic mass is 16.3. The van der Waals surface area contributed by atoms with Gasteiger partial charge in [0.15, 0.2) is 5.78 Å². The number of carbonyl (C=O) groups is 1. The minimum Gasteiger partial charge on any atom is -0.390 e. The Morgan fingerprint density at radius 3 is 2.79 bits per heavy atom. The first-order valence-electron chi connectivity index (χ1n) is 11.5. The molecule has 1 aromatic heterocycles. The number of hydrogen-bond acceptors (Lipinski definition) is 4. The molecule has 5 nitrogen and oxygen atoms in total. The minimum absolute atomic E-state index is 0.146. The van der Waals surface area contributed by atoms with E-state index in [1.807, 2.05) is 6.92 Å². The molecule has 0 unspecified atom stereocenters. The van der Waals surface area contributed by atoms with Crippen molar-refractivity contribution in [2.45, 2.75) is 77.4 Å². The van der Waals surface area contributed by atoms with Gasteiger partial charge in [0, 0.05) is 12.1 Å². The second-order valence-corrected chi connectivity index (χ2v) is 11.0. The SMILES string of the molecule is C[C@@]1(O)CC[C@H]2[C@@H](CC[C@@H]3[C@@H]2CC[C@]2(C)[C@H](C(=O)Cn4cc(C#N)cn4)C[C@@H]32)C1. The minimum atomic E-state index is -0.455. The van der Waals surface area contributed by atoms with Gasteiger partial charge in [0.1, 0.15) is 6.07 Å². The maximum Gasteiger partial charge on any atom is 0.157 e. The molecular weight excluding hydrogens is 362 g/mol. The maximum atomic E-state index is 13.0. The Morgan fingerprint density at radius 1 is 1.24 bits per heavy atom. The molecule has 0 radical (unpaired) electrons. The van der Waals surface area contributed by atoms with Crippen LogP contribution in [0.25, 0.3) is 0 Å². The summed E-state index contributed by atoms with van der Waals surface area (Å²) < 4.78 is 1.63. The lowest BCUT2D eigenvalue weighted by molar-refractivity contribution is -0.177. The molecule has 4 fully saturated rings. The Morgan fingerprint density at radius 2 is 2.03 bits per heavy atom. The monoisotopic (exact) mass is 395 g/mol. The molecule has 29 heavy (non-hydrogen) atoms. The zero-order valence-electron chi connectivity index (χ0n) is 17.7. The first kappa shape index (κ1) is 19.3. The molecule has 156 valence electrons. The molecule has 1 heterocycles. The number of rotatable bonds is 3. The molecule has 4 saturated carbocycles. The van der Waals surface area contributed by atoms with Crippen molar-refractivity contribution in [2.24, 2.45) is 40.9 Å². The van der Waals surface area contributed by atoms with Gasteiger partial charge in [-0.15, -0.1) is 0 Å². The van der Waals surface area contributed by atoms with Crippen molar-refractivity contribution in [3.8, 4) is 6.07 Å². The fourth-order valence-electron chi connectivity index (χ4n) is 7.95. The molecule has 1 aromatic rings. The predicted octanol–water partition coefficient (Wildman–Crippen LogP) is 3.95. The van der Waals surface area contributed by atoms with Gasteiger partial charge in [0.25, 0.3) is 0 Å². The largest absolute Gasteiger partial charge is 0.390 e. The van der Waals surface area contributed by atoms with E-state index < -0.39 is 5.60 Å². The van der Waals surface area contributed by atoms with Crippen molar-refractivity contribution >= 4 is 5.78 Å². The van der Waals surface area contributed by atoms with Gasteiger partial charge < -0.3 is 5.11 Å². The Labute approximate surface area is 173 Å². The van der Waals surface area contributed by atoms with Crippen LogP contribution in [0.2, 0.25) is 0 Å². The smallest absolute Gasteiger partial charge is 0.157 e. The molecule has 0 bridgehead atoms. The van der Waals surface area contributed by atoms with E-state index in [1.54, 1.807) is 10.9 Å². The second-order valence-electron chi connectivity index (χ2n) is 11.0. The molecule has 4 aliphatic carbocycles. The summed E-state index contributed by atoms with van der Waals surface area (Å²) in [5.41, 5.74) is 0.207. The van der Waals surface area contributed by atoms with E-state index in [0.717, 1.165) is 43.4 Å². The number of carbonyl (C=O) groups excluding carboxylic acids is 1. The molecule has 0 amide bonds. The van der Waals surface area contributed by atoms with Gasteiger partial charge in [-0.3, -0.25) is 9.48 Å². The van der Waals surface area contributed by atoms with Crippen LogP contribution in [0.15, 0.2) is 12.4 Å². The normalized spacial score (nSPS) is 45.9. The van der Waals surface area contributed by atoms with Crippen LogP contribution in [0.4, 0.5) is 0 Å². The van der Waals surface area contributed by atoms with Gasteiger partial charge >= 0.3 is 0 Å². The van der Waals surface area contributed by atoms with Crippen LogP contribution in [-0.2, 0) is 11.3 Å². The molecule has 0 spiro atoms. The maximum absolute atomic E-state index is 13.0. The second kappa shape index (κ2) is 6.67. The average Bonchev–Trinajstić information content (AvgIpc) is 3.11. The van der Waals surface area contributed by atoms with Gasteiger partial charge in [0.05, 0.1) is 23.9 Å². The van der Waals surface area contributed by atoms with Crippen LogP contribution in [-0.4, -0.2) is 26.3 Å². The molecule has 1 N–H and O–H groups in total. The van der Waals surface area contributed by atoms with Crippen molar-refractivity contribution < 1.29 is 9.90 Å². The van der Waals surface area contributed by atoms with Crippen LogP contribution >= 0.6 is 0 Å². The summed E-state index contributed by atoms with van der Waals surface area (Å²) in [6, 6.07) is 2.08. The first-order valence-corrected chi connectivity index (χ1v) is 11.5. The molecular formula is C24H33N3O2. The van der Waals surface area contributed by atoms with Gasteiger partial charge in [-0.1, -0.05) is 6.92 Å². The average molecular weight is 396 g/mol. The summed E-state index contributed by atoms with van der Waals surface area (Å²) in [5, 5.41) is 23.7. The zero-order chi connectivity index (χ0) is 20.4. The lowest BCUT2D eigenvalue weighted by Gasteiger charge is -2.65. The van der Waals surface area contributed by atoms with E-state index in [4.69, 9.17) is 5.26 Å². The highest BCUT2D eigenvalue weighted by Crippen LogP contribution is 2.67. The Balaban J connectivity index is 1.26. The van der Waals surface area contributed by atoms with Crippen molar-refractivity contribution in [1.82, 2.24) is 9.78 Å². The van der Waals surface area contributed by atoms with Crippen LogP contribution < -0.4 is 0 Å². The topological polar surface area (TPSA) is 78.9 Å². The summed E-state index contributed by atoms with van der Waals surface area (Å²) in [5.74, 6) is 4.20. The lowest BCUT2D eigenvalue weighted by Crippen LogP contribution is -2.60. The molecule has 8 atom stereocenters. The van der Waals surface area contributed by atoms with Crippen LogP contribution in [0.3, 0.4) is 0 Å². The van der Waals surface area contributed by atoms with E-state index >= 15 is 0 Å². The van der Waals surface area contributed by atoms with E-state index in [1.165, 1.54) is 31.9 Å². The zero-order valence-corrected chi connectivity index (χ0v) is 17.7. The van der Waals surface area contributed by atoms with Gasteiger partial charge in [0.2, 0.25) is 0 Å². The molecule has 5 heteroatoms. The first-order chi connectivity index (χ1) is 13.8. The quantitative estimate of drug-likeness (QED) is 0.840. The van der Waals surface area contributed by atoms with Crippen LogP contribution in [0.1, 0.15) is 70.8 Å². The number of hydrogen-bond donors (Lipinski definition) is 1. The number of aliphatic hydroxyl groups is 1. The summed E-state index contributed by atoms with van der Waals surface area (Å²) in [6.45, 7) is 4.68. The third kappa shape index (κ3) is 3.06. The Hall–Kier alpha value is -1.67. The Bertz CT molecular complexity index is 853. The summed E-state index contributed by atoms with van der Waals surface area (Å²) in [7, 11) is 0. The molecule has 0 aromatic carbocycles. The standard InChI is InChI=1S/C24H33N3O2/c1-23(29)7-5-17-16(10-23)3-4-19-18(17)6-8-24(2)20(19)9-21(24)22(28)14-27-13-15(11-25)12-26-27/h12-13,16-21,29H,3-10,14H2,1-2H3/t16-,17-,18+,19+,20-,21-,23+,24-/m0/s1. The molecule has 4 aliphatic rings. The summed E-state index contributed by atoms with van der Waals surface area (Å²) in [6.07, 6.45) is 12.3. The number of aromatic nitrogens is 2. The Kier molecular flexibility index (Phi) is 4.44. The molecule has 5 rings (SSSR count). The molecule has 0 aliphatic heterocycles. The van der Waals surface area contributed by atoms with E-state index in [9.17, 15) is 9.90 Å². The van der Waals surface area contributed by atoms with E-state index in [0.29, 0.717) is 23.9 Å². The number of ketones is 1. The fourth-order valence-corrected chi connectivity index (χ4v) is 7.95. The molecule has 0 saturated heterocycles. The third-order valence-electron chi connectivity index (χ3n) is 9.43. The number of Topliss-reactive ketones (excluding diaryl/α,β-unsaturated/α-hetero) is 1. The number of nitriles is 1. The van der Waals surface area contributed by atoms with Crippen molar-refractivity contribution in [3.63, 3.8) is 0 Å². The fraction of sp³-hybridized carbons (Fsp3) is 0.792. The summed E-state index contributed by atoms with van der Waals surface area (Å²) >= 11 is 0. The van der Waals surface area contributed by atoms with Gasteiger partial charge in [-0.25, -0.2) is 0 Å². The van der Waals surface area contributed by atoms with E-state index in [2.05, 4.69) is 18.1 Å². The van der Waals surface area contributed by atoms with Gasteiger partial charge in [-0.05, 0) is 93.3 Å². The van der Waals surface area contributed by atoms with Crippen molar-refractivity contribution in [3.05, 3.63) is 18.0 Å². The highest BCUT2D eigenvalue weighted by molar-refractivity contribution is 5.82. The lowest BCUT2D eigenvalue weighted by atomic mass is 9.39. The van der Waals surface area contributed by atoms with Crippen LogP contribution in [0.5, 0.6) is 0 Å². The number of nitrogens with zero attached hydrogens (tertiary/aromatic N) is 3. The number of fused-ring (bicyclic) bond motifs is 5. The highest BCUT2D eigenvalue weighted by Gasteiger charge is 2.62.